The first-order chi connectivity index (χ1) is 18.4. The van der Waals surface area contributed by atoms with Crippen LogP contribution in [-0.2, 0) is 33.7 Å². The highest BCUT2D eigenvalue weighted by molar-refractivity contribution is 6.31. The molecule has 1 saturated carbocycles. The maximum atomic E-state index is 14.4. The van der Waals surface area contributed by atoms with Gasteiger partial charge in [-0.25, -0.2) is 9.37 Å². The molecule has 6 nitrogen and oxygen atoms in total. The summed E-state index contributed by atoms with van der Waals surface area (Å²) in [6.45, 7) is 1.23. The quantitative estimate of drug-likeness (QED) is 0.301. The standard InChI is InChI=1S/C27H23Cl2F4N3O3/c1-16(37)36(14-18-7-8-19(9-22(18)29)27(31,32)33)26(25(38)35-24-23(30)10-20(28)13-34-24)11-21(12-26)39-15-17-5-3-2-4-6-17/h2-10,13,21H,11-12,14-15H2,1H3,(H,34,35,38). The van der Waals surface area contributed by atoms with Gasteiger partial charge in [-0.3, -0.25) is 9.59 Å². The van der Waals surface area contributed by atoms with Gasteiger partial charge in [-0.05, 0) is 29.3 Å². The van der Waals surface area contributed by atoms with Gasteiger partial charge in [-0.15, -0.1) is 0 Å². The number of halogens is 6. The number of alkyl halides is 3. The first-order valence-electron chi connectivity index (χ1n) is 11.8. The maximum absolute atomic E-state index is 14.4. The number of pyridine rings is 1. The van der Waals surface area contributed by atoms with Crippen LogP contribution in [0.4, 0.5) is 23.4 Å². The minimum Gasteiger partial charge on any atom is -0.373 e. The van der Waals surface area contributed by atoms with E-state index in [1.165, 1.54) is 11.8 Å². The first kappa shape index (κ1) is 28.8. The zero-order valence-electron chi connectivity index (χ0n) is 20.6. The Bertz CT molecular complexity index is 1370. The molecule has 12 heteroatoms. The number of carbonyl (C=O) groups is 2. The van der Waals surface area contributed by atoms with Crippen molar-refractivity contribution in [2.45, 2.75) is 50.7 Å². The molecule has 206 valence electrons. The Morgan fingerprint density at radius 2 is 1.82 bits per heavy atom. The van der Waals surface area contributed by atoms with Crippen LogP contribution in [-0.4, -0.2) is 33.3 Å². The van der Waals surface area contributed by atoms with Crippen molar-refractivity contribution < 1.29 is 31.9 Å². The molecular formula is C27H23Cl2F4N3O3. The van der Waals surface area contributed by atoms with Crippen molar-refractivity contribution in [3.05, 3.63) is 93.3 Å². The molecule has 0 atom stereocenters. The number of aromatic nitrogens is 1. The Hall–Kier alpha value is -3.21. The summed E-state index contributed by atoms with van der Waals surface area (Å²) < 4.78 is 59.7. The molecule has 0 bridgehead atoms. The van der Waals surface area contributed by atoms with E-state index in [1.54, 1.807) is 0 Å². The number of benzene rings is 2. The smallest absolute Gasteiger partial charge is 0.373 e. The van der Waals surface area contributed by atoms with Crippen molar-refractivity contribution in [2.24, 2.45) is 0 Å². The van der Waals surface area contributed by atoms with Crippen molar-refractivity contribution in [2.75, 3.05) is 5.32 Å². The van der Waals surface area contributed by atoms with Gasteiger partial charge >= 0.3 is 6.18 Å². The molecule has 1 aliphatic carbocycles. The van der Waals surface area contributed by atoms with Crippen LogP contribution < -0.4 is 5.32 Å². The van der Waals surface area contributed by atoms with E-state index >= 15 is 0 Å². The fourth-order valence-corrected chi connectivity index (χ4v) is 4.83. The predicted molar refractivity (Wildman–Crippen MR) is 137 cm³/mol. The van der Waals surface area contributed by atoms with Crippen molar-refractivity contribution in [1.82, 2.24) is 9.88 Å². The average Bonchev–Trinajstić information content (AvgIpc) is 2.84. The maximum Gasteiger partial charge on any atom is 0.416 e. The van der Waals surface area contributed by atoms with E-state index in [0.717, 1.165) is 36.0 Å². The van der Waals surface area contributed by atoms with Crippen LogP contribution in [0.15, 0.2) is 60.8 Å². The Kier molecular flexibility index (Phi) is 8.48. The molecule has 0 unspecified atom stereocenters. The molecule has 0 saturated heterocycles. The molecule has 1 heterocycles. The third-order valence-electron chi connectivity index (χ3n) is 6.53. The summed E-state index contributed by atoms with van der Waals surface area (Å²) >= 11 is 11.9. The Balaban J connectivity index is 1.61. The van der Waals surface area contributed by atoms with Crippen LogP contribution in [0.2, 0.25) is 10.0 Å². The molecule has 0 spiro atoms. The Morgan fingerprint density at radius 3 is 2.41 bits per heavy atom. The normalized spacial score (nSPS) is 18.8. The SMILES string of the molecule is CC(=O)N(Cc1ccc(C(F)(F)F)cc1Cl)C1(C(=O)Nc2ncc(Cl)cc2F)CC(OCc2ccccc2)C1. The fraction of sp³-hybridized carbons (Fsp3) is 0.296. The summed E-state index contributed by atoms with van der Waals surface area (Å²) in [5.41, 5.74) is -1.34. The average molecular weight is 584 g/mol. The molecule has 1 aliphatic rings. The van der Waals surface area contributed by atoms with Crippen LogP contribution in [0.5, 0.6) is 0 Å². The van der Waals surface area contributed by atoms with Gasteiger partial charge in [0.25, 0.3) is 5.91 Å². The van der Waals surface area contributed by atoms with Crippen LogP contribution in [0.3, 0.4) is 0 Å². The Labute approximate surface area is 231 Å². The fourth-order valence-electron chi connectivity index (χ4n) is 4.44. The van der Waals surface area contributed by atoms with E-state index in [-0.39, 0.29) is 47.4 Å². The van der Waals surface area contributed by atoms with Gasteiger partial charge < -0.3 is 15.0 Å². The highest BCUT2D eigenvalue weighted by Gasteiger charge is 2.56. The van der Waals surface area contributed by atoms with E-state index in [2.05, 4.69) is 10.3 Å². The summed E-state index contributed by atoms with van der Waals surface area (Å²) in [5, 5.41) is 2.24. The van der Waals surface area contributed by atoms with Crippen molar-refractivity contribution in [1.29, 1.82) is 0 Å². The summed E-state index contributed by atoms with van der Waals surface area (Å²) in [4.78, 5) is 31.5. The third-order valence-corrected chi connectivity index (χ3v) is 7.09. The number of anilines is 1. The second kappa shape index (κ2) is 11.5. The highest BCUT2D eigenvalue weighted by Crippen LogP contribution is 2.43. The zero-order valence-corrected chi connectivity index (χ0v) is 22.1. The van der Waals surface area contributed by atoms with Gasteiger partial charge in [0.15, 0.2) is 11.6 Å². The molecule has 3 aromatic rings. The van der Waals surface area contributed by atoms with E-state index in [0.29, 0.717) is 0 Å². The van der Waals surface area contributed by atoms with Crippen molar-refractivity contribution >= 4 is 40.8 Å². The molecule has 1 N–H and O–H groups in total. The van der Waals surface area contributed by atoms with E-state index in [1.807, 2.05) is 30.3 Å². The first-order valence-corrected chi connectivity index (χ1v) is 12.6. The van der Waals surface area contributed by atoms with Crippen molar-refractivity contribution in [3.8, 4) is 0 Å². The molecule has 39 heavy (non-hydrogen) atoms. The Morgan fingerprint density at radius 1 is 1.13 bits per heavy atom. The minimum atomic E-state index is -4.60. The van der Waals surface area contributed by atoms with Gasteiger partial charge in [0.1, 0.15) is 5.54 Å². The van der Waals surface area contributed by atoms with Gasteiger partial charge in [-0.2, -0.15) is 13.2 Å². The second-order valence-electron chi connectivity index (χ2n) is 9.21. The summed E-state index contributed by atoms with van der Waals surface area (Å²) in [7, 11) is 0. The van der Waals surface area contributed by atoms with Gasteiger partial charge in [-0.1, -0.05) is 59.6 Å². The molecule has 0 radical (unpaired) electrons. The molecule has 1 fully saturated rings. The lowest BCUT2D eigenvalue weighted by Gasteiger charge is -2.52. The number of nitrogens with zero attached hydrogens (tertiary/aromatic N) is 2. The van der Waals surface area contributed by atoms with Crippen molar-refractivity contribution in [3.63, 3.8) is 0 Å². The number of amides is 2. The van der Waals surface area contributed by atoms with Gasteiger partial charge in [0.05, 0.1) is 23.3 Å². The van der Waals surface area contributed by atoms with Crippen LogP contribution in [0, 0.1) is 5.82 Å². The molecule has 4 rings (SSSR count). The molecule has 1 aromatic heterocycles. The third kappa shape index (κ3) is 6.51. The topological polar surface area (TPSA) is 71.5 Å². The second-order valence-corrected chi connectivity index (χ2v) is 10.0. The summed E-state index contributed by atoms with van der Waals surface area (Å²) in [6.07, 6.45) is -3.76. The van der Waals surface area contributed by atoms with Gasteiger partial charge in [0.2, 0.25) is 5.91 Å². The lowest BCUT2D eigenvalue weighted by atomic mass is 9.71. The molecule has 0 aliphatic heterocycles. The lowest BCUT2D eigenvalue weighted by molar-refractivity contribution is -0.165. The molecule has 2 aromatic carbocycles. The van der Waals surface area contributed by atoms with Crippen LogP contribution >= 0.6 is 23.2 Å². The van der Waals surface area contributed by atoms with E-state index in [9.17, 15) is 27.2 Å². The van der Waals surface area contributed by atoms with Gasteiger partial charge in [0, 0.05) is 37.5 Å². The number of hydrogen-bond donors (Lipinski definition) is 1. The lowest BCUT2D eigenvalue weighted by Crippen LogP contribution is -2.67. The number of rotatable bonds is 8. The van der Waals surface area contributed by atoms with E-state index < -0.39 is 41.0 Å². The highest BCUT2D eigenvalue weighted by atomic mass is 35.5. The van der Waals surface area contributed by atoms with Crippen LogP contribution in [0.1, 0.15) is 36.5 Å². The zero-order chi connectivity index (χ0) is 28.4. The predicted octanol–water partition coefficient (Wildman–Crippen LogP) is 6.65. The number of ether oxygens (including phenoxy) is 1. The number of hydrogen-bond acceptors (Lipinski definition) is 4. The molecular weight excluding hydrogens is 561 g/mol. The molecule has 2 amide bonds. The van der Waals surface area contributed by atoms with E-state index in [4.69, 9.17) is 27.9 Å². The monoisotopic (exact) mass is 583 g/mol. The number of carbonyl (C=O) groups excluding carboxylic acids is 2. The minimum absolute atomic E-state index is 0.0283. The number of nitrogens with one attached hydrogen (secondary N) is 1. The summed E-state index contributed by atoms with van der Waals surface area (Å²) in [5.74, 6) is -2.52. The van der Waals surface area contributed by atoms with Crippen LogP contribution in [0.25, 0.3) is 0 Å². The largest absolute Gasteiger partial charge is 0.416 e. The summed E-state index contributed by atoms with van der Waals surface area (Å²) in [6, 6.07) is 13.1.